The summed E-state index contributed by atoms with van der Waals surface area (Å²) < 4.78 is 0. The van der Waals surface area contributed by atoms with Crippen molar-refractivity contribution in [2.24, 2.45) is 16.5 Å². The van der Waals surface area contributed by atoms with Gasteiger partial charge in [0.25, 0.3) is 0 Å². The summed E-state index contributed by atoms with van der Waals surface area (Å²) in [5, 5.41) is 11.8. The summed E-state index contributed by atoms with van der Waals surface area (Å²) >= 11 is 0. The molecule has 3 amide bonds. The third kappa shape index (κ3) is 12.2. The summed E-state index contributed by atoms with van der Waals surface area (Å²) in [5.74, 6) is -1.13. The fraction of sp³-hybridized carbons (Fsp3) is 0.630. The Labute approximate surface area is 220 Å². The van der Waals surface area contributed by atoms with Gasteiger partial charge < -0.3 is 27.4 Å². The predicted molar refractivity (Wildman–Crippen MR) is 147 cm³/mol. The molecule has 206 valence electrons. The average molecular weight is 516 g/mol. The van der Waals surface area contributed by atoms with E-state index in [-0.39, 0.29) is 17.9 Å². The van der Waals surface area contributed by atoms with Gasteiger partial charge in [-0.15, -0.1) is 0 Å². The van der Waals surface area contributed by atoms with Crippen LogP contribution >= 0.6 is 0 Å². The first-order valence-electron chi connectivity index (χ1n) is 13.6. The zero-order valence-electron chi connectivity index (χ0n) is 22.1. The summed E-state index contributed by atoms with van der Waals surface area (Å²) in [6.45, 7) is 4.02. The Balaban J connectivity index is 2.01. The van der Waals surface area contributed by atoms with Crippen molar-refractivity contribution in [2.75, 3.05) is 19.6 Å². The maximum absolute atomic E-state index is 13.2. The van der Waals surface area contributed by atoms with E-state index in [0.29, 0.717) is 32.4 Å². The Kier molecular flexibility index (Phi) is 14.3. The van der Waals surface area contributed by atoms with Crippen molar-refractivity contribution >= 4 is 23.7 Å². The SMILES string of the molecule is CCCCCCCN[C@@H](CCCN=C(N)N)C(=O)NC(=O)[C@H](Cc1ccccc1)NC(=O)[C@H]1CCCN1. The van der Waals surface area contributed by atoms with Gasteiger partial charge in [-0.2, -0.15) is 0 Å². The van der Waals surface area contributed by atoms with Crippen LogP contribution in [0.4, 0.5) is 0 Å². The summed E-state index contributed by atoms with van der Waals surface area (Å²) in [4.78, 5) is 43.1. The minimum atomic E-state index is -0.863. The first kappa shape index (κ1) is 30.2. The maximum Gasteiger partial charge on any atom is 0.249 e. The summed E-state index contributed by atoms with van der Waals surface area (Å²) in [7, 11) is 0. The number of nitrogens with two attached hydrogens (primary N) is 2. The lowest BCUT2D eigenvalue weighted by Gasteiger charge is -2.23. The fourth-order valence-corrected chi connectivity index (χ4v) is 4.37. The topological polar surface area (TPSA) is 164 Å². The van der Waals surface area contributed by atoms with Gasteiger partial charge in [-0.3, -0.25) is 24.7 Å². The lowest BCUT2D eigenvalue weighted by atomic mass is 10.0. The number of hydrogen-bond acceptors (Lipinski definition) is 6. The quantitative estimate of drug-likeness (QED) is 0.103. The van der Waals surface area contributed by atoms with Crippen LogP contribution in [0, 0.1) is 0 Å². The number of guanidine groups is 1. The van der Waals surface area contributed by atoms with E-state index in [1.807, 2.05) is 30.3 Å². The number of amides is 3. The van der Waals surface area contributed by atoms with Crippen molar-refractivity contribution in [1.29, 1.82) is 0 Å². The Bertz CT molecular complexity index is 853. The molecular formula is C27H45N7O3. The number of aliphatic imine (C=N–C) groups is 1. The molecule has 10 nitrogen and oxygen atoms in total. The Hall–Kier alpha value is -2.98. The Morgan fingerprint density at radius 2 is 1.76 bits per heavy atom. The van der Waals surface area contributed by atoms with Crippen LogP contribution in [0.5, 0.6) is 0 Å². The highest BCUT2D eigenvalue weighted by molar-refractivity contribution is 6.01. The van der Waals surface area contributed by atoms with Crippen molar-refractivity contribution in [2.45, 2.75) is 89.3 Å². The molecule has 1 aromatic carbocycles. The van der Waals surface area contributed by atoms with Gasteiger partial charge in [0.1, 0.15) is 6.04 Å². The highest BCUT2D eigenvalue weighted by Crippen LogP contribution is 2.09. The van der Waals surface area contributed by atoms with E-state index in [2.05, 4.69) is 33.2 Å². The lowest BCUT2D eigenvalue weighted by molar-refractivity contribution is -0.135. The molecule has 0 aliphatic carbocycles. The van der Waals surface area contributed by atoms with Gasteiger partial charge in [0, 0.05) is 13.0 Å². The molecule has 1 aromatic rings. The molecular weight excluding hydrogens is 470 g/mol. The summed E-state index contributed by atoms with van der Waals surface area (Å²) in [6.07, 6.45) is 8.56. The molecule has 0 unspecified atom stereocenters. The fourth-order valence-electron chi connectivity index (χ4n) is 4.37. The standard InChI is InChI=1S/C27H45N7O3/c1-2-3-4-5-9-16-30-22(15-11-18-32-27(28)29)25(36)34-26(37)23(19-20-12-7-6-8-13-20)33-24(35)21-14-10-17-31-21/h6-8,12-13,21-23,30-31H,2-5,9-11,14-19H2,1H3,(H,33,35)(H4,28,29,32)(H,34,36,37)/t21-,22+,23+/m1/s1. The zero-order valence-corrected chi connectivity index (χ0v) is 22.1. The molecule has 0 saturated carbocycles. The molecule has 1 aliphatic rings. The molecule has 0 spiro atoms. The molecule has 3 atom stereocenters. The number of carbonyl (C=O) groups excluding carboxylic acids is 3. The number of rotatable bonds is 17. The molecule has 1 fully saturated rings. The largest absolute Gasteiger partial charge is 0.370 e. The lowest BCUT2D eigenvalue weighted by Crippen LogP contribution is -2.55. The second-order valence-electron chi connectivity index (χ2n) is 9.62. The number of hydrogen-bond donors (Lipinski definition) is 6. The number of nitrogens with zero attached hydrogens (tertiary/aromatic N) is 1. The van der Waals surface area contributed by atoms with Crippen LogP contribution in [-0.4, -0.2) is 61.4 Å². The zero-order chi connectivity index (χ0) is 26.9. The number of nitrogens with one attached hydrogen (secondary N) is 4. The van der Waals surface area contributed by atoms with Gasteiger partial charge in [0.15, 0.2) is 5.96 Å². The van der Waals surface area contributed by atoms with Crippen molar-refractivity contribution < 1.29 is 14.4 Å². The number of carbonyl (C=O) groups is 3. The van der Waals surface area contributed by atoms with Crippen LogP contribution in [0.15, 0.2) is 35.3 Å². The average Bonchev–Trinajstić information content (AvgIpc) is 3.42. The highest BCUT2D eigenvalue weighted by Gasteiger charge is 2.29. The van der Waals surface area contributed by atoms with E-state index in [1.54, 1.807) is 0 Å². The van der Waals surface area contributed by atoms with E-state index >= 15 is 0 Å². The molecule has 1 saturated heterocycles. The molecule has 1 aliphatic heterocycles. The Morgan fingerprint density at radius 1 is 1.03 bits per heavy atom. The third-order valence-electron chi connectivity index (χ3n) is 6.47. The van der Waals surface area contributed by atoms with Crippen molar-refractivity contribution in [3.05, 3.63) is 35.9 Å². The smallest absolute Gasteiger partial charge is 0.249 e. The van der Waals surface area contributed by atoms with Crippen LogP contribution in [-0.2, 0) is 20.8 Å². The van der Waals surface area contributed by atoms with Gasteiger partial charge >= 0.3 is 0 Å². The van der Waals surface area contributed by atoms with E-state index in [4.69, 9.17) is 11.5 Å². The highest BCUT2D eigenvalue weighted by atomic mass is 16.2. The van der Waals surface area contributed by atoms with Gasteiger partial charge in [0.2, 0.25) is 17.7 Å². The first-order valence-corrected chi connectivity index (χ1v) is 13.6. The molecule has 10 heteroatoms. The van der Waals surface area contributed by atoms with E-state index in [9.17, 15) is 14.4 Å². The summed E-state index contributed by atoms with van der Waals surface area (Å²) in [5.41, 5.74) is 11.7. The van der Waals surface area contributed by atoms with Crippen LogP contribution in [0.1, 0.15) is 70.3 Å². The normalized spacial score (nSPS) is 16.5. The van der Waals surface area contributed by atoms with Crippen molar-refractivity contribution in [1.82, 2.24) is 21.3 Å². The number of imide groups is 1. The van der Waals surface area contributed by atoms with Gasteiger partial charge in [-0.25, -0.2) is 0 Å². The molecule has 37 heavy (non-hydrogen) atoms. The van der Waals surface area contributed by atoms with Crippen molar-refractivity contribution in [3.8, 4) is 0 Å². The number of unbranched alkanes of at least 4 members (excludes halogenated alkanes) is 4. The van der Waals surface area contributed by atoms with Gasteiger partial charge in [-0.1, -0.05) is 62.9 Å². The minimum absolute atomic E-state index is 0.0105. The first-order chi connectivity index (χ1) is 17.9. The molecule has 8 N–H and O–H groups in total. The molecule has 0 radical (unpaired) electrons. The van der Waals surface area contributed by atoms with E-state index in [0.717, 1.165) is 44.2 Å². The van der Waals surface area contributed by atoms with E-state index < -0.39 is 23.9 Å². The molecule has 0 bridgehead atoms. The van der Waals surface area contributed by atoms with Crippen LogP contribution in [0.2, 0.25) is 0 Å². The Morgan fingerprint density at radius 3 is 2.43 bits per heavy atom. The van der Waals surface area contributed by atoms with Gasteiger partial charge in [0.05, 0.1) is 12.1 Å². The monoisotopic (exact) mass is 515 g/mol. The van der Waals surface area contributed by atoms with Crippen LogP contribution in [0.3, 0.4) is 0 Å². The molecule has 2 rings (SSSR count). The summed E-state index contributed by atoms with van der Waals surface area (Å²) in [6, 6.07) is 7.71. The van der Waals surface area contributed by atoms with Crippen molar-refractivity contribution in [3.63, 3.8) is 0 Å². The van der Waals surface area contributed by atoms with Gasteiger partial charge in [-0.05, 0) is 50.8 Å². The second kappa shape index (κ2) is 17.5. The van der Waals surface area contributed by atoms with Crippen LogP contribution < -0.4 is 32.7 Å². The second-order valence-corrected chi connectivity index (χ2v) is 9.62. The molecule has 1 heterocycles. The molecule has 0 aromatic heterocycles. The number of benzene rings is 1. The van der Waals surface area contributed by atoms with E-state index in [1.165, 1.54) is 12.8 Å². The maximum atomic E-state index is 13.2. The predicted octanol–water partition coefficient (Wildman–Crippen LogP) is 1.09. The minimum Gasteiger partial charge on any atom is -0.370 e. The third-order valence-corrected chi connectivity index (χ3v) is 6.47. The van der Waals surface area contributed by atoms with Crippen LogP contribution in [0.25, 0.3) is 0 Å².